The van der Waals surface area contributed by atoms with Gasteiger partial charge in [-0.05, 0) is 59.5 Å². The summed E-state index contributed by atoms with van der Waals surface area (Å²) in [4.78, 5) is 18.4. The number of hydrogen-bond donors (Lipinski definition) is 1. The second kappa shape index (κ2) is 5.15. The van der Waals surface area contributed by atoms with E-state index in [4.69, 9.17) is 4.98 Å². The fourth-order valence-electron chi connectivity index (χ4n) is 2.40. The molecular weight excluding hydrogens is 266 g/mol. The molecule has 0 saturated carbocycles. The van der Waals surface area contributed by atoms with E-state index in [0.29, 0.717) is 0 Å². The highest BCUT2D eigenvalue weighted by atomic mass is 16.4. The van der Waals surface area contributed by atoms with Crippen molar-refractivity contribution in [3.63, 3.8) is 0 Å². The first-order valence-corrected chi connectivity index (χ1v) is 7.05. The van der Waals surface area contributed by atoms with Crippen molar-refractivity contribution < 1.29 is 9.90 Å². The highest BCUT2D eigenvalue weighted by molar-refractivity contribution is 5.83. The van der Waals surface area contributed by atoms with Crippen molar-refractivity contribution in [1.29, 1.82) is 0 Å². The Morgan fingerprint density at radius 2 is 2.00 bits per heavy atom. The number of fused-ring (bicyclic) bond motifs is 1. The molecule has 1 atom stereocenters. The molecule has 0 amide bonds. The van der Waals surface area contributed by atoms with Gasteiger partial charge in [0.25, 0.3) is 0 Å². The SMILES string of the molecule is Cc1ccc2c(c1)nc(C(C)N(C)C)n2C(C)(C)C(=O)O. The monoisotopic (exact) mass is 289 g/mol. The van der Waals surface area contributed by atoms with E-state index in [-0.39, 0.29) is 6.04 Å². The molecule has 2 rings (SSSR count). The zero-order chi connectivity index (χ0) is 15.9. The third-order valence-electron chi connectivity index (χ3n) is 4.07. The second-order valence-corrected chi connectivity index (χ2v) is 6.30. The van der Waals surface area contributed by atoms with Crippen LogP contribution >= 0.6 is 0 Å². The Bertz CT molecular complexity index is 686. The fourth-order valence-corrected chi connectivity index (χ4v) is 2.40. The van der Waals surface area contributed by atoms with Crippen molar-refractivity contribution in [2.45, 2.75) is 39.3 Å². The topological polar surface area (TPSA) is 58.4 Å². The summed E-state index contributed by atoms with van der Waals surface area (Å²) in [6.07, 6.45) is 0. The van der Waals surface area contributed by atoms with Gasteiger partial charge < -0.3 is 9.67 Å². The Morgan fingerprint density at radius 1 is 1.38 bits per heavy atom. The molecule has 0 aliphatic heterocycles. The van der Waals surface area contributed by atoms with Crippen molar-refractivity contribution in [2.24, 2.45) is 0 Å². The third kappa shape index (κ3) is 2.53. The lowest BCUT2D eigenvalue weighted by atomic mass is 10.0. The first kappa shape index (κ1) is 15.5. The minimum Gasteiger partial charge on any atom is -0.480 e. The van der Waals surface area contributed by atoms with Gasteiger partial charge in [-0.15, -0.1) is 0 Å². The van der Waals surface area contributed by atoms with Crippen LogP contribution in [0.1, 0.15) is 38.2 Å². The molecule has 0 saturated heterocycles. The molecule has 114 valence electrons. The predicted octanol–water partition coefficient (Wildman–Crippen LogP) is 2.79. The summed E-state index contributed by atoms with van der Waals surface area (Å²) in [5.41, 5.74) is 1.76. The van der Waals surface area contributed by atoms with E-state index < -0.39 is 11.5 Å². The van der Waals surface area contributed by atoms with Crippen LogP contribution in [0, 0.1) is 6.92 Å². The number of carboxylic acid groups (broad SMARTS) is 1. The van der Waals surface area contributed by atoms with Gasteiger partial charge in [0.15, 0.2) is 0 Å². The first-order chi connectivity index (χ1) is 9.66. The van der Waals surface area contributed by atoms with Gasteiger partial charge in [-0.25, -0.2) is 9.78 Å². The van der Waals surface area contributed by atoms with Gasteiger partial charge in [-0.2, -0.15) is 0 Å². The maximum atomic E-state index is 11.7. The highest BCUT2D eigenvalue weighted by Gasteiger charge is 2.35. The highest BCUT2D eigenvalue weighted by Crippen LogP contribution is 2.30. The van der Waals surface area contributed by atoms with E-state index in [0.717, 1.165) is 22.4 Å². The number of carbonyl (C=O) groups is 1. The lowest BCUT2D eigenvalue weighted by Crippen LogP contribution is -2.38. The summed E-state index contributed by atoms with van der Waals surface area (Å²) in [5, 5.41) is 9.61. The molecule has 0 bridgehead atoms. The van der Waals surface area contributed by atoms with Gasteiger partial charge in [0.05, 0.1) is 17.1 Å². The quantitative estimate of drug-likeness (QED) is 0.940. The molecule has 5 nitrogen and oxygen atoms in total. The molecule has 0 spiro atoms. The van der Waals surface area contributed by atoms with Gasteiger partial charge >= 0.3 is 5.97 Å². The number of nitrogens with zero attached hydrogens (tertiary/aromatic N) is 3. The summed E-state index contributed by atoms with van der Waals surface area (Å²) in [5.74, 6) is -0.0948. The molecule has 1 aromatic carbocycles. The Labute approximate surface area is 125 Å². The molecule has 5 heteroatoms. The van der Waals surface area contributed by atoms with Crippen molar-refractivity contribution in [3.8, 4) is 0 Å². The van der Waals surface area contributed by atoms with Crippen LogP contribution in [-0.4, -0.2) is 39.6 Å². The summed E-state index contributed by atoms with van der Waals surface area (Å²) in [6, 6.07) is 5.96. The summed E-state index contributed by atoms with van der Waals surface area (Å²) in [7, 11) is 3.93. The average Bonchev–Trinajstić information content (AvgIpc) is 2.76. The average molecular weight is 289 g/mol. The number of benzene rings is 1. The lowest BCUT2D eigenvalue weighted by molar-refractivity contribution is -0.145. The van der Waals surface area contributed by atoms with E-state index in [1.54, 1.807) is 13.8 Å². The molecule has 21 heavy (non-hydrogen) atoms. The maximum Gasteiger partial charge on any atom is 0.329 e. The molecule has 0 aliphatic rings. The largest absolute Gasteiger partial charge is 0.480 e. The van der Waals surface area contributed by atoms with Crippen LogP contribution in [0.2, 0.25) is 0 Å². The number of imidazole rings is 1. The molecule has 0 aliphatic carbocycles. The van der Waals surface area contributed by atoms with Gasteiger partial charge in [-0.3, -0.25) is 4.90 Å². The fraction of sp³-hybridized carbons (Fsp3) is 0.500. The minimum absolute atomic E-state index is 0.0244. The predicted molar refractivity (Wildman–Crippen MR) is 83.5 cm³/mol. The van der Waals surface area contributed by atoms with Crippen LogP contribution in [0.5, 0.6) is 0 Å². The van der Waals surface area contributed by atoms with E-state index in [2.05, 4.69) is 0 Å². The van der Waals surface area contributed by atoms with E-state index >= 15 is 0 Å². The smallest absolute Gasteiger partial charge is 0.329 e. The van der Waals surface area contributed by atoms with Crippen molar-refractivity contribution in [2.75, 3.05) is 14.1 Å². The summed E-state index contributed by atoms with van der Waals surface area (Å²) in [6.45, 7) is 7.46. The molecule has 1 heterocycles. The van der Waals surface area contributed by atoms with Crippen molar-refractivity contribution in [3.05, 3.63) is 29.6 Å². The van der Waals surface area contributed by atoms with Gasteiger partial charge in [0, 0.05) is 0 Å². The molecule has 1 aromatic heterocycles. The Kier molecular flexibility index (Phi) is 3.80. The number of hydrogen-bond acceptors (Lipinski definition) is 3. The van der Waals surface area contributed by atoms with Crippen LogP contribution in [-0.2, 0) is 10.3 Å². The third-order valence-corrected chi connectivity index (χ3v) is 4.07. The van der Waals surface area contributed by atoms with Gasteiger partial charge in [-0.1, -0.05) is 6.07 Å². The minimum atomic E-state index is -1.05. The van der Waals surface area contributed by atoms with E-state index in [9.17, 15) is 9.90 Å². The van der Waals surface area contributed by atoms with Gasteiger partial charge in [0.2, 0.25) is 0 Å². The summed E-state index contributed by atoms with van der Waals surface area (Å²) >= 11 is 0. The molecule has 0 radical (unpaired) electrons. The molecule has 1 unspecified atom stereocenters. The Hall–Kier alpha value is -1.88. The van der Waals surface area contributed by atoms with Crippen LogP contribution in [0.4, 0.5) is 0 Å². The number of carboxylic acids is 1. The number of rotatable bonds is 4. The van der Waals surface area contributed by atoms with E-state index in [1.165, 1.54) is 0 Å². The maximum absolute atomic E-state index is 11.7. The van der Waals surface area contributed by atoms with Crippen molar-refractivity contribution in [1.82, 2.24) is 14.5 Å². The first-order valence-electron chi connectivity index (χ1n) is 7.05. The number of aryl methyl sites for hydroxylation is 1. The Morgan fingerprint density at radius 3 is 2.52 bits per heavy atom. The number of aliphatic carboxylic acids is 1. The number of aromatic nitrogens is 2. The van der Waals surface area contributed by atoms with E-state index in [1.807, 2.05) is 55.6 Å². The Balaban J connectivity index is 2.81. The molecular formula is C16H23N3O2. The second-order valence-electron chi connectivity index (χ2n) is 6.30. The van der Waals surface area contributed by atoms with Crippen LogP contribution in [0.3, 0.4) is 0 Å². The van der Waals surface area contributed by atoms with Crippen molar-refractivity contribution >= 4 is 17.0 Å². The van der Waals surface area contributed by atoms with Crippen LogP contribution < -0.4 is 0 Å². The van der Waals surface area contributed by atoms with Gasteiger partial charge in [0.1, 0.15) is 11.4 Å². The molecule has 2 aromatic rings. The summed E-state index contributed by atoms with van der Waals surface area (Å²) < 4.78 is 1.84. The zero-order valence-electron chi connectivity index (χ0n) is 13.5. The van der Waals surface area contributed by atoms with Crippen LogP contribution in [0.15, 0.2) is 18.2 Å². The molecule has 1 N–H and O–H groups in total. The standard InChI is InChI=1S/C16H23N3O2/c1-10-7-8-13-12(9-10)17-14(11(2)18(5)6)19(13)16(3,4)15(20)21/h7-9,11H,1-6H3,(H,20,21). The zero-order valence-corrected chi connectivity index (χ0v) is 13.5. The molecule has 0 fully saturated rings. The van der Waals surface area contributed by atoms with Crippen LogP contribution in [0.25, 0.3) is 11.0 Å². The normalized spacial score (nSPS) is 13.9. The lowest BCUT2D eigenvalue weighted by Gasteiger charge is -2.28.